The van der Waals surface area contributed by atoms with E-state index in [1.807, 2.05) is 0 Å². The number of hydrogen-bond donors (Lipinski definition) is 1. The Hall–Kier alpha value is -1.66. The molecule has 0 bridgehead atoms. The first-order valence-electron chi connectivity index (χ1n) is 6.42. The van der Waals surface area contributed by atoms with Crippen LogP contribution in [0, 0.1) is 0 Å². The molecule has 1 aromatic rings. The Bertz CT molecular complexity index is 576. The summed E-state index contributed by atoms with van der Waals surface area (Å²) in [6.07, 6.45) is 2.70. The van der Waals surface area contributed by atoms with E-state index in [-0.39, 0.29) is 0 Å². The van der Waals surface area contributed by atoms with Crippen LogP contribution in [0.25, 0.3) is 0 Å². The second-order valence-electron chi connectivity index (χ2n) is 4.61. The van der Waals surface area contributed by atoms with Crippen molar-refractivity contribution in [3.63, 3.8) is 0 Å². The standard InChI is InChI=1S/C14H17NO4S/c1-2-13(11-7-4-3-5-8-11)20(17,18)19-14(16)12-9-6-10-15-12/h2-5,7-8,12-13,15H,1,6,9-10H2/t12-,13?/m1/s1. The van der Waals surface area contributed by atoms with Crippen molar-refractivity contribution in [3.05, 3.63) is 48.6 Å². The number of carbonyl (C=O) groups excluding carboxylic acids is 1. The van der Waals surface area contributed by atoms with Crippen LogP contribution in [0.2, 0.25) is 0 Å². The lowest BCUT2D eigenvalue weighted by molar-refractivity contribution is -0.135. The van der Waals surface area contributed by atoms with Crippen molar-refractivity contribution in [3.8, 4) is 0 Å². The summed E-state index contributed by atoms with van der Waals surface area (Å²) in [6, 6.07) is 8.01. The molecule has 1 fully saturated rings. The Balaban J connectivity index is 2.15. The Kier molecular flexibility index (Phi) is 4.57. The van der Waals surface area contributed by atoms with E-state index < -0.39 is 27.4 Å². The van der Waals surface area contributed by atoms with Gasteiger partial charge in [-0.2, -0.15) is 8.42 Å². The normalized spacial score (nSPS) is 20.3. The third-order valence-corrected chi connectivity index (χ3v) is 4.68. The molecular formula is C14H17NO4S. The molecule has 1 aromatic carbocycles. The summed E-state index contributed by atoms with van der Waals surface area (Å²) in [5.41, 5.74) is 0.523. The molecule has 1 aliphatic rings. The number of nitrogens with one attached hydrogen (secondary N) is 1. The van der Waals surface area contributed by atoms with Gasteiger partial charge in [0, 0.05) is 0 Å². The Morgan fingerprint density at radius 2 is 2.10 bits per heavy atom. The van der Waals surface area contributed by atoms with Crippen molar-refractivity contribution >= 4 is 16.1 Å². The van der Waals surface area contributed by atoms with Crippen LogP contribution in [0.3, 0.4) is 0 Å². The van der Waals surface area contributed by atoms with Gasteiger partial charge in [-0.25, -0.2) is 4.79 Å². The molecule has 5 nitrogen and oxygen atoms in total. The molecule has 1 heterocycles. The highest BCUT2D eigenvalue weighted by Crippen LogP contribution is 2.25. The van der Waals surface area contributed by atoms with Gasteiger partial charge in [-0.1, -0.05) is 36.4 Å². The predicted molar refractivity (Wildman–Crippen MR) is 75.4 cm³/mol. The molecule has 1 unspecified atom stereocenters. The van der Waals surface area contributed by atoms with Crippen LogP contribution >= 0.6 is 0 Å². The minimum atomic E-state index is -4.07. The molecule has 0 aliphatic carbocycles. The van der Waals surface area contributed by atoms with Gasteiger partial charge < -0.3 is 9.50 Å². The van der Waals surface area contributed by atoms with E-state index in [1.54, 1.807) is 30.3 Å². The largest absolute Gasteiger partial charge is 0.343 e. The smallest absolute Gasteiger partial charge is 0.339 e. The molecule has 0 amide bonds. The zero-order chi connectivity index (χ0) is 14.6. The lowest BCUT2D eigenvalue weighted by Crippen LogP contribution is -2.34. The van der Waals surface area contributed by atoms with Crippen LogP contribution in [0.1, 0.15) is 23.7 Å². The molecule has 1 N–H and O–H groups in total. The molecular weight excluding hydrogens is 278 g/mol. The minimum Gasteiger partial charge on any atom is -0.343 e. The van der Waals surface area contributed by atoms with Crippen LogP contribution in [0.4, 0.5) is 0 Å². The highest BCUT2D eigenvalue weighted by atomic mass is 32.2. The maximum atomic E-state index is 12.2. The van der Waals surface area contributed by atoms with E-state index in [2.05, 4.69) is 11.9 Å². The fraction of sp³-hybridized carbons (Fsp3) is 0.357. The fourth-order valence-corrected chi connectivity index (χ4v) is 3.35. The SMILES string of the molecule is C=CC(c1ccccc1)S(=O)(=O)OC(=O)[C@H]1CCCN1. The zero-order valence-electron chi connectivity index (χ0n) is 11.0. The van der Waals surface area contributed by atoms with Gasteiger partial charge in [0.25, 0.3) is 0 Å². The second-order valence-corrected chi connectivity index (χ2v) is 6.27. The summed E-state index contributed by atoms with van der Waals surface area (Å²) in [6.45, 7) is 4.22. The molecule has 108 valence electrons. The highest BCUT2D eigenvalue weighted by Gasteiger charge is 2.32. The van der Waals surface area contributed by atoms with E-state index >= 15 is 0 Å². The van der Waals surface area contributed by atoms with E-state index in [1.165, 1.54) is 6.08 Å². The molecule has 1 aliphatic heterocycles. The topological polar surface area (TPSA) is 72.5 Å². The van der Waals surface area contributed by atoms with Crippen molar-refractivity contribution in [1.82, 2.24) is 5.32 Å². The van der Waals surface area contributed by atoms with Crippen molar-refractivity contribution in [2.75, 3.05) is 6.54 Å². The molecule has 0 spiro atoms. The first-order valence-corrected chi connectivity index (χ1v) is 7.90. The molecule has 6 heteroatoms. The van der Waals surface area contributed by atoms with Gasteiger partial charge >= 0.3 is 16.1 Å². The van der Waals surface area contributed by atoms with Crippen molar-refractivity contribution < 1.29 is 17.4 Å². The summed E-state index contributed by atoms with van der Waals surface area (Å²) in [5.74, 6) is -0.745. The average molecular weight is 295 g/mol. The molecule has 20 heavy (non-hydrogen) atoms. The highest BCUT2D eigenvalue weighted by molar-refractivity contribution is 7.87. The molecule has 0 aromatic heterocycles. The quantitative estimate of drug-likeness (QED) is 0.659. The number of benzene rings is 1. The third-order valence-electron chi connectivity index (χ3n) is 3.20. The van der Waals surface area contributed by atoms with Crippen molar-refractivity contribution in [1.29, 1.82) is 0 Å². The van der Waals surface area contributed by atoms with Gasteiger partial charge in [0.15, 0.2) is 0 Å². The van der Waals surface area contributed by atoms with E-state index in [0.29, 0.717) is 18.5 Å². The Morgan fingerprint density at radius 3 is 2.65 bits per heavy atom. The molecule has 2 atom stereocenters. The monoisotopic (exact) mass is 295 g/mol. The van der Waals surface area contributed by atoms with E-state index in [4.69, 9.17) is 4.18 Å². The van der Waals surface area contributed by atoms with Gasteiger partial charge in [-0.3, -0.25) is 0 Å². The van der Waals surface area contributed by atoms with E-state index in [9.17, 15) is 13.2 Å². The van der Waals surface area contributed by atoms with E-state index in [0.717, 1.165) is 6.42 Å². The first kappa shape index (κ1) is 14.7. The van der Waals surface area contributed by atoms with Gasteiger partial charge in [0.2, 0.25) is 0 Å². The van der Waals surface area contributed by atoms with Crippen molar-refractivity contribution in [2.24, 2.45) is 0 Å². The van der Waals surface area contributed by atoms with Gasteiger partial charge in [-0.05, 0) is 24.9 Å². The number of rotatable bonds is 5. The fourth-order valence-electron chi connectivity index (χ4n) is 2.17. The molecule has 1 saturated heterocycles. The second kappa shape index (κ2) is 6.19. The van der Waals surface area contributed by atoms with Crippen LogP contribution in [-0.4, -0.2) is 27.0 Å². The zero-order valence-corrected chi connectivity index (χ0v) is 11.8. The summed E-state index contributed by atoms with van der Waals surface area (Å²) in [5, 5.41) is 1.86. The summed E-state index contributed by atoms with van der Waals surface area (Å²) >= 11 is 0. The predicted octanol–water partition coefficient (Wildman–Crippen LogP) is 1.54. The Morgan fingerprint density at radius 1 is 1.40 bits per heavy atom. The minimum absolute atomic E-state index is 0.523. The summed E-state index contributed by atoms with van der Waals surface area (Å²) < 4.78 is 29.1. The van der Waals surface area contributed by atoms with Crippen LogP contribution < -0.4 is 5.32 Å². The average Bonchev–Trinajstić information content (AvgIpc) is 2.94. The molecule has 0 radical (unpaired) electrons. The van der Waals surface area contributed by atoms with Crippen LogP contribution in [-0.2, 0) is 19.1 Å². The Labute approximate surface area is 118 Å². The first-order chi connectivity index (χ1) is 9.54. The summed E-state index contributed by atoms with van der Waals surface area (Å²) in [4.78, 5) is 11.8. The molecule has 0 saturated carbocycles. The summed E-state index contributed by atoms with van der Waals surface area (Å²) in [7, 11) is -4.07. The maximum Gasteiger partial charge on any atom is 0.339 e. The van der Waals surface area contributed by atoms with Crippen molar-refractivity contribution in [2.45, 2.75) is 24.1 Å². The van der Waals surface area contributed by atoms with Crippen LogP contribution in [0.15, 0.2) is 43.0 Å². The maximum absolute atomic E-state index is 12.2. The number of hydrogen-bond acceptors (Lipinski definition) is 5. The lowest BCUT2D eigenvalue weighted by atomic mass is 10.1. The lowest BCUT2D eigenvalue weighted by Gasteiger charge is -2.15. The van der Waals surface area contributed by atoms with Gasteiger partial charge in [0.05, 0.1) is 0 Å². The van der Waals surface area contributed by atoms with Gasteiger partial charge in [-0.15, -0.1) is 6.58 Å². The molecule has 2 rings (SSSR count). The van der Waals surface area contributed by atoms with Gasteiger partial charge in [0.1, 0.15) is 11.3 Å². The number of carbonyl (C=O) groups is 1. The van der Waals surface area contributed by atoms with Crippen LogP contribution in [0.5, 0.6) is 0 Å². The third kappa shape index (κ3) is 3.26.